The van der Waals surface area contributed by atoms with Gasteiger partial charge in [0.1, 0.15) is 0 Å². The van der Waals surface area contributed by atoms with Gasteiger partial charge in [-0.3, -0.25) is 4.79 Å². The van der Waals surface area contributed by atoms with Crippen molar-refractivity contribution in [2.24, 2.45) is 5.92 Å². The minimum absolute atomic E-state index is 0.114. The minimum Gasteiger partial charge on any atom is -0.342 e. The molecule has 1 saturated heterocycles. The summed E-state index contributed by atoms with van der Waals surface area (Å²) in [5, 5.41) is 9.29. The summed E-state index contributed by atoms with van der Waals surface area (Å²) in [7, 11) is 3.71. The van der Waals surface area contributed by atoms with Crippen molar-refractivity contribution in [3.05, 3.63) is 10.1 Å². The highest BCUT2D eigenvalue weighted by atomic mass is 16.9. The van der Waals surface area contributed by atoms with Crippen molar-refractivity contribution in [3.63, 3.8) is 0 Å². The van der Waals surface area contributed by atoms with Crippen LogP contribution in [-0.2, 0) is 9.63 Å². The number of likely N-dealkylation sites (N-methyl/N-ethyl adjacent to an activating group) is 1. The largest absolute Gasteiger partial charge is 0.342 e. The molecule has 0 aromatic heterocycles. The van der Waals surface area contributed by atoms with Crippen LogP contribution in [0.3, 0.4) is 0 Å². The molecule has 0 spiro atoms. The zero-order valence-corrected chi connectivity index (χ0v) is 10.3. The van der Waals surface area contributed by atoms with Gasteiger partial charge >= 0.3 is 0 Å². The molecule has 0 unspecified atom stereocenters. The highest BCUT2D eigenvalue weighted by Gasteiger charge is 2.23. The van der Waals surface area contributed by atoms with Crippen LogP contribution in [-0.4, -0.2) is 61.1 Å². The number of piperidine rings is 1. The first kappa shape index (κ1) is 13.7. The van der Waals surface area contributed by atoms with Crippen molar-refractivity contribution >= 4 is 5.91 Å². The summed E-state index contributed by atoms with van der Waals surface area (Å²) in [5.74, 6) is 0.299. The predicted molar refractivity (Wildman–Crippen MR) is 60.8 cm³/mol. The fourth-order valence-electron chi connectivity index (χ4n) is 1.89. The Bertz CT molecular complexity index is 275. The molecule has 0 aromatic carbocycles. The summed E-state index contributed by atoms with van der Waals surface area (Å²) in [6.45, 7) is 1.88. The van der Waals surface area contributed by atoms with E-state index in [1.165, 1.54) is 0 Å². The molecule has 7 nitrogen and oxygen atoms in total. The minimum atomic E-state index is -0.760. The zero-order valence-electron chi connectivity index (χ0n) is 10.3. The topological polar surface area (TPSA) is 75.9 Å². The third-order valence-electron chi connectivity index (χ3n) is 2.83. The molecule has 7 heteroatoms. The van der Waals surface area contributed by atoms with E-state index < -0.39 is 5.09 Å². The molecule has 1 heterocycles. The fraction of sp³-hybridized carbons (Fsp3) is 0.900. The Labute approximate surface area is 100 Å². The van der Waals surface area contributed by atoms with E-state index in [9.17, 15) is 14.9 Å². The summed E-state index contributed by atoms with van der Waals surface area (Å²) in [6, 6.07) is 0. The van der Waals surface area contributed by atoms with Gasteiger partial charge < -0.3 is 14.6 Å². The van der Waals surface area contributed by atoms with Gasteiger partial charge in [-0.2, -0.15) is 0 Å². The third-order valence-corrected chi connectivity index (χ3v) is 2.83. The molecule has 17 heavy (non-hydrogen) atoms. The number of nitrogens with zero attached hydrogens (tertiary/aromatic N) is 3. The molecular weight excluding hydrogens is 226 g/mol. The lowest BCUT2D eigenvalue weighted by molar-refractivity contribution is -0.759. The number of carbonyl (C=O) groups excluding carboxylic acids is 1. The van der Waals surface area contributed by atoms with Crippen molar-refractivity contribution in [1.82, 2.24) is 9.80 Å². The molecule has 0 atom stereocenters. The fourth-order valence-corrected chi connectivity index (χ4v) is 1.89. The Balaban J connectivity index is 2.25. The second kappa shape index (κ2) is 6.39. The molecule has 0 aliphatic carbocycles. The van der Waals surface area contributed by atoms with Gasteiger partial charge in [0.25, 0.3) is 5.09 Å². The first-order valence-corrected chi connectivity index (χ1v) is 5.69. The molecule has 1 amide bonds. The second-order valence-corrected chi connectivity index (χ2v) is 4.58. The van der Waals surface area contributed by atoms with E-state index in [2.05, 4.69) is 4.84 Å². The summed E-state index contributed by atoms with van der Waals surface area (Å²) >= 11 is 0. The number of carbonyl (C=O) groups is 1. The molecule has 1 fully saturated rings. The quantitative estimate of drug-likeness (QED) is 0.503. The van der Waals surface area contributed by atoms with Gasteiger partial charge in [0.2, 0.25) is 5.91 Å². The van der Waals surface area contributed by atoms with Gasteiger partial charge in [0, 0.05) is 13.1 Å². The lowest BCUT2D eigenvalue weighted by Crippen LogP contribution is -2.43. The van der Waals surface area contributed by atoms with E-state index in [1.54, 1.807) is 0 Å². The molecule has 1 aliphatic rings. The molecule has 1 aliphatic heterocycles. The number of rotatable bonds is 5. The van der Waals surface area contributed by atoms with Crippen LogP contribution in [0.25, 0.3) is 0 Å². The van der Waals surface area contributed by atoms with Gasteiger partial charge in [0.15, 0.2) is 0 Å². The van der Waals surface area contributed by atoms with Crippen LogP contribution in [0.5, 0.6) is 0 Å². The van der Waals surface area contributed by atoms with Gasteiger partial charge in [-0.05, 0) is 32.9 Å². The Kier molecular flexibility index (Phi) is 5.14. The van der Waals surface area contributed by atoms with Gasteiger partial charge in [-0.1, -0.05) is 0 Å². The molecule has 0 radical (unpaired) electrons. The van der Waals surface area contributed by atoms with E-state index in [1.807, 2.05) is 23.9 Å². The van der Waals surface area contributed by atoms with E-state index in [-0.39, 0.29) is 18.4 Å². The smallest absolute Gasteiger partial charge is 0.294 e. The standard InChI is InChI=1S/C10H19N3O4/c1-11(2)7-10(14)12-5-3-9(4-6-12)8-17-13(15)16/h9H,3-8H2,1-2H3. The highest BCUT2D eigenvalue weighted by molar-refractivity contribution is 5.78. The Morgan fingerprint density at radius 3 is 2.53 bits per heavy atom. The lowest BCUT2D eigenvalue weighted by atomic mass is 9.98. The van der Waals surface area contributed by atoms with Crippen molar-refractivity contribution < 1.29 is 14.7 Å². The molecule has 0 bridgehead atoms. The van der Waals surface area contributed by atoms with Crippen molar-refractivity contribution in [1.29, 1.82) is 0 Å². The van der Waals surface area contributed by atoms with E-state index in [0.29, 0.717) is 19.6 Å². The summed E-state index contributed by atoms with van der Waals surface area (Å²) in [4.78, 5) is 29.8. The van der Waals surface area contributed by atoms with Crippen LogP contribution in [0.15, 0.2) is 0 Å². The normalized spacial score (nSPS) is 17.2. The maximum Gasteiger partial charge on any atom is 0.294 e. The Morgan fingerprint density at radius 1 is 1.47 bits per heavy atom. The monoisotopic (exact) mass is 245 g/mol. The molecule has 1 rings (SSSR count). The SMILES string of the molecule is CN(C)CC(=O)N1CCC(CO[N+](=O)[O-])CC1. The van der Waals surface area contributed by atoms with E-state index in [4.69, 9.17) is 0 Å². The van der Waals surface area contributed by atoms with Crippen LogP contribution in [0.4, 0.5) is 0 Å². The molecular formula is C10H19N3O4. The zero-order chi connectivity index (χ0) is 12.8. The third kappa shape index (κ3) is 4.99. The Morgan fingerprint density at radius 2 is 2.06 bits per heavy atom. The van der Waals surface area contributed by atoms with Crippen LogP contribution in [0.1, 0.15) is 12.8 Å². The molecule has 98 valence electrons. The molecule has 0 saturated carbocycles. The summed E-state index contributed by atoms with van der Waals surface area (Å²) < 4.78 is 0. The predicted octanol–water partition coefficient (Wildman–Crippen LogP) is -0.00510. The average molecular weight is 245 g/mol. The lowest BCUT2D eigenvalue weighted by Gasteiger charge is -2.32. The second-order valence-electron chi connectivity index (χ2n) is 4.58. The first-order chi connectivity index (χ1) is 7.99. The van der Waals surface area contributed by atoms with Crippen LogP contribution < -0.4 is 0 Å². The van der Waals surface area contributed by atoms with Crippen LogP contribution >= 0.6 is 0 Å². The van der Waals surface area contributed by atoms with Gasteiger partial charge in [-0.25, -0.2) is 0 Å². The molecule has 0 aromatic rings. The van der Waals surface area contributed by atoms with Crippen molar-refractivity contribution in [2.45, 2.75) is 12.8 Å². The van der Waals surface area contributed by atoms with Gasteiger partial charge in [0.05, 0.1) is 13.2 Å². The average Bonchev–Trinajstić information content (AvgIpc) is 2.26. The van der Waals surface area contributed by atoms with E-state index >= 15 is 0 Å². The first-order valence-electron chi connectivity index (χ1n) is 5.69. The van der Waals surface area contributed by atoms with E-state index in [0.717, 1.165) is 12.8 Å². The van der Waals surface area contributed by atoms with Crippen molar-refractivity contribution in [3.8, 4) is 0 Å². The van der Waals surface area contributed by atoms with Crippen LogP contribution in [0.2, 0.25) is 0 Å². The van der Waals surface area contributed by atoms with Crippen molar-refractivity contribution in [2.75, 3.05) is 40.3 Å². The van der Waals surface area contributed by atoms with Crippen LogP contribution in [0, 0.1) is 16.0 Å². The maximum atomic E-state index is 11.7. The summed E-state index contributed by atoms with van der Waals surface area (Å²) in [6.07, 6.45) is 1.54. The number of hydrogen-bond donors (Lipinski definition) is 0. The Hall–Kier alpha value is -1.37. The van der Waals surface area contributed by atoms with Gasteiger partial charge in [-0.15, -0.1) is 10.1 Å². The maximum absolute atomic E-state index is 11.7. The number of amides is 1. The highest BCUT2D eigenvalue weighted by Crippen LogP contribution is 2.17. The molecule has 0 N–H and O–H groups in total. The number of likely N-dealkylation sites (tertiary alicyclic amines) is 1. The number of hydrogen-bond acceptors (Lipinski definition) is 5. The summed E-state index contributed by atoms with van der Waals surface area (Å²) in [5.41, 5.74) is 0.